The molecule has 0 aromatic rings. The third-order valence-corrected chi connectivity index (χ3v) is 4.37. The van der Waals surface area contributed by atoms with Crippen LogP contribution in [0.25, 0.3) is 0 Å². The van der Waals surface area contributed by atoms with Gasteiger partial charge in [-0.25, -0.2) is 0 Å². The fourth-order valence-electron chi connectivity index (χ4n) is 2.87. The van der Waals surface area contributed by atoms with Crippen LogP contribution in [0.2, 0.25) is 0 Å². The van der Waals surface area contributed by atoms with E-state index in [0.717, 1.165) is 25.7 Å². The third-order valence-electron chi connectivity index (χ3n) is 4.37. The van der Waals surface area contributed by atoms with Gasteiger partial charge in [-0.05, 0) is 6.42 Å². The van der Waals surface area contributed by atoms with Gasteiger partial charge in [-0.1, -0.05) is 39.0 Å². The summed E-state index contributed by atoms with van der Waals surface area (Å²) in [5, 5.41) is 58.0. The molecule has 136 valence electrons. The normalized spacial score (nSPS) is 35.9. The number of carboxylic acids is 1. The van der Waals surface area contributed by atoms with Crippen LogP contribution in [0.15, 0.2) is 0 Å². The Labute approximate surface area is 135 Å². The molecule has 0 aromatic carbocycles. The molecule has 1 aliphatic heterocycles. The van der Waals surface area contributed by atoms with Crippen molar-refractivity contribution in [2.75, 3.05) is 6.61 Å². The van der Waals surface area contributed by atoms with Gasteiger partial charge in [-0.3, -0.25) is 4.79 Å². The monoisotopic (exact) mass is 336 g/mol. The maximum atomic E-state index is 11.5. The molecule has 0 amide bonds. The lowest BCUT2D eigenvalue weighted by Crippen LogP contribution is -2.67. The van der Waals surface area contributed by atoms with E-state index < -0.39 is 48.7 Å². The summed E-state index contributed by atoms with van der Waals surface area (Å²) in [5.74, 6) is -4.89. The number of aliphatic hydroxyl groups excluding tert-OH is 4. The first kappa shape index (κ1) is 20.3. The smallest absolute Gasteiger partial charge is 0.309 e. The molecule has 23 heavy (non-hydrogen) atoms. The van der Waals surface area contributed by atoms with Gasteiger partial charge in [0, 0.05) is 0 Å². The van der Waals surface area contributed by atoms with E-state index >= 15 is 0 Å². The van der Waals surface area contributed by atoms with Crippen LogP contribution in [0.1, 0.15) is 45.4 Å². The molecule has 0 aromatic heterocycles. The van der Waals surface area contributed by atoms with Gasteiger partial charge in [0.2, 0.25) is 5.79 Å². The second kappa shape index (κ2) is 8.91. The number of hydrogen-bond donors (Lipinski definition) is 6. The van der Waals surface area contributed by atoms with E-state index in [-0.39, 0.29) is 6.42 Å². The number of aliphatic carboxylic acids is 1. The van der Waals surface area contributed by atoms with Crippen LogP contribution < -0.4 is 0 Å². The Bertz CT molecular complexity index is 376. The zero-order chi connectivity index (χ0) is 17.6. The van der Waals surface area contributed by atoms with Crippen molar-refractivity contribution in [3.8, 4) is 0 Å². The Balaban J connectivity index is 2.78. The van der Waals surface area contributed by atoms with Crippen LogP contribution in [-0.2, 0) is 9.53 Å². The lowest BCUT2D eigenvalue weighted by atomic mass is 9.84. The second-order valence-electron chi connectivity index (χ2n) is 6.16. The molecular weight excluding hydrogens is 308 g/mol. The fourth-order valence-corrected chi connectivity index (χ4v) is 2.87. The maximum absolute atomic E-state index is 11.5. The van der Waals surface area contributed by atoms with Crippen molar-refractivity contribution < 1.29 is 40.2 Å². The molecule has 1 fully saturated rings. The van der Waals surface area contributed by atoms with E-state index in [9.17, 15) is 30.3 Å². The van der Waals surface area contributed by atoms with Crippen molar-refractivity contribution in [2.24, 2.45) is 5.92 Å². The van der Waals surface area contributed by atoms with E-state index in [1.165, 1.54) is 0 Å². The van der Waals surface area contributed by atoms with Crippen molar-refractivity contribution >= 4 is 5.97 Å². The highest BCUT2D eigenvalue weighted by Crippen LogP contribution is 2.33. The van der Waals surface area contributed by atoms with E-state index in [1.54, 1.807) is 0 Å². The summed E-state index contributed by atoms with van der Waals surface area (Å²) in [6, 6.07) is 0. The Morgan fingerprint density at radius 1 is 1.13 bits per heavy atom. The summed E-state index contributed by atoms with van der Waals surface area (Å²) in [6.45, 7) is 1.03. The standard InChI is InChI=1S/C15H28O8/c1-2-3-4-5-6-7-9(14(20)21)12-10(17)11(18)13(19)15(22,8-16)23-12/h9-13,16-19,22H,2-8H2,1H3,(H,20,21)/t9?,10-,11+,12?,13-,15-/m0/s1. The lowest BCUT2D eigenvalue weighted by Gasteiger charge is -2.46. The first-order chi connectivity index (χ1) is 10.8. The molecule has 1 heterocycles. The van der Waals surface area contributed by atoms with Gasteiger partial charge in [-0.2, -0.15) is 0 Å². The number of carbonyl (C=O) groups is 1. The van der Waals surface area contributed by atoms with Crippen molar-refractivity contribution in [3.63, 3.8) is 0 Å². The average molecular weight is 336 g/mol. The van der Waals surface area contributed by atoms with Crippen LogP contribution in [0, 0.1) is 5.92 Å². The minimum absolute atomic E-state index is 0.200. The number of carboxylic acid groups (broad SMARTS) is 1. The summed E-state index contributed by atoms with van der Waals surface area (Å²) in [4.78, 5) is 11.5. The minimum atomic E-state index is -2.50. The largest absolute Gasteiger partial charge is 0.481 e. The number of rotatable bonds is 9. The molecule has 1 aliphatic rings. The summed E-state index contributed by atoms with van der Waals surface area (Å²) < 4.78 is 5.08. The summed E-state index contributed by atoms with van der Waals surface area (Å²) in [7, 11) is 0. The highest BCUT2D eigenvalue weighted by atomic mass is 16.7. The lowest BCUT2D eigenvalue weighted by molar-refractivity contribution is -0.360. The summed E-state index contributed by atoms with van der Waals surface area (Å²) in [6.07, 6.45) is -2.14. The van der Waals surface area contributed by atoms with E-state index in [2.05, 4.69) is 6.92 Å². The van der Waals surface area contributed by atoms with Crippen LogP contribution in [0.4, 0.5) is 0 Å². The molecule has 0 saturated carbocycles. The van der Waals surface area contributed by atoms with Crippen LogP contribution in [0.3, 0.4) is 0 Å². The van der Waals surface area contributed by atoms with Crippen molar-refractivity contribution in [3.05, 3.63) is 0 Å². The zero-order valence-corrected chi connectivity index (χ0v) is 13.3. The van der Waals surface area contributed by atoms with E-state index in [0.29, 0.717) is 6.42 Å². The van der Waals surface area contributed by atoms with Crippen LogP contribution >= 0.6 is 0 Å². The topological polar surface area (TPSA) is 148 Å². The molecule has 8 heteroatoms. The predicted molar refractivity (Wildman–Crippen MR) is 79.4 cm³/mol. The Hall–Kier alpha value is -0.770. The van der Waals surface area contributed by atoms with Crippen molar-refractivity contribution in [1.82, 2.24) is 0 Å². The molecule has 8 nitrogen and oxygen atoms in total. The molecule has 0 bridgehead atoms. The van der Waals surface area contributed by atoms with E-state index in [4.69, 9.17) is 9.84 Å². The third kappa shape index (κ3) is 4.85. The van der Waals surface area contributed by atoms with Gasteiger partial charge >= 0.3 is 5.97 Å². The van der Waals surface area contributed by atoms with Crippen molar-refractivity contribution in [1.29, 1.82) is 0 Å². The van der Waals surface area contributed by atoms with Gasteiger partial charge in [0.25, 0.3) is 0 Å². The predicted octanol–water partition coefficient (Wildman–Crippen LogP) is -0.790. The molecule has 0 radical (unpaired) electrons. The molecule has 1 saturated heterocycles. The first-order valence-electron chi connectivity index (χ1n) is 8.06. The molecule has 6 atom stereocenters. The molecule has 1 rings (SSSR count). The number of hydrogen-bond acceptors (Lipinski definition) is 7. The molecule has 2 unspecified atom stereocenters. The Kier molecular flexibility index (Phi) is 7.85. The SMILES string of the molecule is CCCCCCCC(C(=O)O)C1O[C@@](O)(CO)[C@@H](O)[C@H](O)[C@@H]1O. The Morgan fingerprint density at radius 3 is 2.26 bits per heavy atom. The van der Waals surface area contributed by atoms with Gasteiger partial charge in [0.1, 0.15) is 24.4 Å². The Morgan fingerprint density at radius 2 is 1.74 bits per heavy atom. The molecular formula is C15H28O8. The highest BCUT2D eigenvalue weighted by Gasteiger charge is 2.55. The minimum Gasteiger partial charge on any atom is -0.481 e. The van der Waals surface area contributed by atoms with Gasteiger partial charge in [0.05, 0.1) is 12.5 Å². The molecule has 0 spiro atoms. The summed E-state index contributed by atoms with van der Waals surface area (Å²) >= 11 is 0. The zero-order valence-electron chi connectivity index (χ0n) is 13.3. The van der Waals surface area contributed by atoms with Gasteiger partial charge in [-0.15, -0.1) is 0 Å². The number of ether oxygens (including phenoxy) is 1. The van der Waals surface area contributed by atoms with Crippen LogP contribution in [-0.4, -0.2) is 73.4 Å². The van der Waals surface area contributed by atoms with Gasteiger partial charge in [0.15, 0.2) is 0 Å². The highest BCUT2D eigenvalue weighted by molar-refractivity contribution is 5.70. The summed E-state index contributed by atoms with van der Waals surface area (Å²) in [5.41, 5.74) is 0. The molecule has 6 N–H and O–H groups in total. The van der Waals surface area contributed by atoms with E-state index in [1.807, 2.05) is 0 Å². The number of aliphatic hydroxyl groups is 5. The van der Waals surface area contributed by atoms with Crippen molar-refractivity contribution in [2.45, 2.75) is 75.7 Å². The fraction of sp³-hybridized carbons (Fsp3) is 0.933. The quantitative estimate of drug-likeness (QED) is 0.300. The first-order valence-corrected chi connectivity index (χ1v) is 8.06. The molecule has 0 aliphatic carbocycles. The number of unbranched alkanes of at least 4 members (excludes halogenated alkanes) is 4. The van der Waals surface area contributed by atoms with Gasteiger partial charge < -0.3 is 35.4 Å². The average Bonchev–Trinajstić information content (AvgIpc) is 2.52. The van der Waals surface area contributed by atoms with Crippen LogP contribution in [0.5, 0.6) is 0 Å². The second-order valence-corrected chi connectivity index (χ2v) is 6.16. The maximum Gasteiger partial charge on any atom is 0.309 e.